The normalized spacial score (nSPS) is 20.8. The highest BCUT2D eigenvalue weighted by Crippen LogP contribution is 2.42. The number of nitrogens with one attached hydrogen (secondary N) is 2. The van der Waals surface area contributed by atoms with E-state index in [0.717, 1.165) is 43.6 Å². The van der Waals surface area contributed by atoms with E-state index < -0.39 is 0 Å². The zero-order chi connectivity index (χ0) is 21.5. The van der Waals surface area contributed by atoms with Crippen LogP contribution in [-0.2, 0) is 27.5 Å². The first-order chi connectivity index (χ1) is 15.0. The minimum absolute atomic E-state index is 0.106. The van der Waals surface area contributed by atoms with Crippen LogP contribution in [0.1, 0.15) is 35.1 Å². The second-order valence-electron chi connectivity index (χ2n) is 8.29. The van der Waals surface area contributed by atoms with E-state index in [1.807, 2.05) is 6.07 Å². The van der Waals surface area contributed by atoms with Gasteiger partial charge in [0.1, 0.15) is 18.2 Å². The maximum atomic E-state index is 13.8. The highest BCUT2D eigenvalue weighted by atomic mass is 19.1. The molecule has 2 aromatic rings. The van der Waals surface area contributed by atoms with Gasteiger partial charge in [0.15, 0.2) is 0 Å². The van der Waals surface area contributed by atoms with Gasteiger partial charge in [0.05, 0.1) is 5.57 Å². The van der Waals surface area contributed by atoms with Crippen molar-refractivity contribution < 1.29 is 18.7 Å². The zero-order valence-corrected chi connectivity index (χ0v) is 17.3. The second-order valence-corrected chi connectivity index (χ2v) is 8.29. The van der Waals surface area contributed by atoms with Crippen LogP contribution in [0.5, 0.6) is 0 Å². The van der Waals surface area contributed by atoms with E-state index in [1.165, 1.54) is 17.7 Å². The second kappa shape index (κ2) is 7.81. The average Bonchev–Trinajstić information content (AvgIpc) is 3.32. The van der Waals surface area contributed by atoms with E-state index in [4.69, 9.17) is 4.74 Å². The number of nitrogens with zero attached hydrogens (tertiary/aromatic N) is 1. The Bertz CT molecular complexity index is 1100. The Labute approximate surface area is 180 Å². The predicted molar refractivity (Wildman–Crippen MR) is 115 cm³/mol. The molecule has 2 aromatic carbocycles. The maximum absolute atomic E-state index is 13.8. The summed E-state index contributed by atoms with van der Waals surface area (Å²) in [5, 5.41) is 5.53. The first-order valence-corrected chi connectivity index (χ1v) is 10.6. The number of hydrogen-bond donors (Lipinski definition) is 2. The summed E-state index contributed by atoms with van der Waals surface area (Å²) in [6.45, 7) is 2.99. The SMILES string of the molecule is CNC(=O)C1CCN(Cc2ccc3c(c2)CO/C3=C2/C(=O)Nc3ccc(F)cc32)CC1. The van der Waals surface area contributed by atoms with Crippen LogP contribution in [0.3, 0.4) is 0 Å². The Morgan fingerprint density at radius 2 is 2.00 bits per heavy atom. The number of amides is 2. The van der Waals surface area contributed by atoms with Crippen molar-refractivity contribution >= 4 is 28.8 Å². The third-order valence-electron chi connectivity index (χ3n) is 6.35. The number of halogens is 1. The standard InChI is InChI=1S/C24H24FN3O3/c1-26-23(29)15-6-8-28(9-7-15)12-14-2-4-18-16(10-14)13-31-22(18)21-19-11-17(25)3-5-20(19)27-24(21)30/h2-5,10-11,15H,6-9,12-13H2,1H3,(H,26,29)(H,27,30)/b22-21+. The maximum Gasteiger partial charge on any atom is 0.260 e. The van der Waals surface area contributed by atoms with Crippen LogP contribution in [0, 0.1) is 11.7 Å². The van der Waals surface area contributed by atoms with Gasteiger partial charge in [-0.2, -0.15) is 0 Å². The third kappa shape index (κ3) is 3.59. The molecule has 0 atom stereocenters. The van der Waals surface area contributed by atoms with Gasteiger partial charge in [-0.25, -0.2) is 4.39 Å². The Morgan fingerprint density at radius 3 is 2.77 bits per heavy atom. The van der Waals surface area contributed by atoms with Crippen LogP contribution in [0.25, 0.3) is 11.3 Å². The molecule has 5 rings (SSSR count). The van der Waals surface area contributed by atoms with E-state index in [0.29, 0.717) is 29.2 Å². The van der Waals surface area contributed by atoms with Gasteiger partial charge in [-0.1, -0.05) is 18.2 Å². The highest BCUT2D eigenvalue weighted by molar-refractivity contribution is 6.36. The van der Waals surface area contributed by atoms with E-state index in [2.05, 4.69) is 27.7 Å². The van der Waals surface area contributed by atoms with Crippen LogP contribution in [-0.4, -0.2) is 36.9 Å². The molecular weight excluding hydrogens is 397 g/mol. The van der Waals surface area contributed by atoms with Gasteiger partial charge in [-0.05, 0) is 49.7 Å². The summed E-state index contributed by atoms with van der Waals surface area (Å²) in [4.78, 5) is 26.7. The van der Waals surface area contributed by atoms with Crippen molar-refractivity contribution in [2.24, 2.45) is 5.92 Å². The lowest BCUT2D eigenvalue weighted by atomic mass is 9.95. The van der Waals surface area contributed by atoms with Gasteiger partial charge in [-0.15, -0.1) is 0 Å². The number of likely N-dealkylation sites (tertiary alicyclic amines) is 1. The molecule has 2 N–H and O–H groups in total. The quantitative estimate of drug-likeness (QED) is 0.747. The van der Waals surface area contributed by atoms with Gasteiger partial charge in [0.2, 0.25) is 5.91 Å². The summed E-state index contributed by atoms with van der Waals surface area (Å²) in [6, 6.07) is 10.4. The minimum Gasteiger partial charge on any atom is -0.487 e. The number of hydrogen-bond acceptors (Lipinski definition) is 4. The molecule has 0 radical (unpaired) electrons. The molecule has 2 amide bonds. The molecule has 0 spiro atoms. The molecule has 3 aliphatic rings. The first kappa shape index (κ1) is 19.8. The number of carbonyl (C=O) groups excluding carboxylic acids is 2. The van der Waals surface area contributed by atoms with E-state index in [-0.39, 0.29) is 23.5 Å². The molecule has 7 heteroatoms. The van der Waals surface area contributed by atoms with Crippen LogP contribution < -0.4 is 10.6 Å². The monoisotopic (exact) mass is 421 g/mol. The number of anilines is 1. The summed E-state index contributed by atoms with van der Waals surface area (Å²) in [6.07, 6.45) is 1.74. The molecule has 1 saturated heterocycles. The highest BCUT2D eigenvalue weighted by Gasteiger charge is 2.33. The molecule has 31 heavy (non-hydrogen) atoms. The molecule has 160 valence electrons. The average molecular weight is 421 g/mol. The Balaban J connectivity index is 1.36. The smallest absolute Gasteiger partial charge is 0.260 e. The molecule has 6 nitrogen and oxygen atoms in total. The molecule has 0 unspecified atom stereocenters. The molecule has 0 aliphatic carbocycles. The molecule has 3 heterocycles. The Hall–Kier alpha value is -3.19. The molecule has 0 saturated carbocycles. The molecule has 1 fully saturated rings. The van der Waals surface area contributed by atoms with E-state index >= 15 is 0 Å². The minimum atomic E-state index is -0.387. The number of fused-ring (bicyclic) bond motifs is 2. The van der Waals surface area contributed by atoms with Crippen molar-refractivity contribution in [1.29, 1.82) is 0 Å². The van der Waals surface area contributed by atoms with Crippen molar-refractivity contribution in [3.05, 3.63) is 64.5 Å². The van der Waals surface area contributed by atoms with Gasteiger partial charge in [0, 0.05) is 41.9 Å². The number of piperidine rings is 1. The number of carbonyl (C=O) groups is 2. The van der Waals surface area contributed by atoms with Gasteiger partial charge in [0.25, 0.3) is 5.91 Å². The lowest BCUT2D eigenvalue weighted by Gasteiger charge is -2.31. The molecule has 3 aliphatic heterocycles. The summed E-state index contributed by atoms with van der Waals surface area (Å²) in [5.74, 6) is 0.0878. The van der Waals surface area contributed by atoms with E-state index in [9.17, 15) is 14.0 Å². The lowest BCUT2D eigenvalue weighted by Crippen LogP contribution is -2.39. The Kier molecular flexibility index (Phi) is 4.98. The van der Waals surface area contributed by atoms with Crippen LogP contribution >= 0.6 is 0 Å². The van der Waals surface area contributed by atoms with Gasteiger partial charge < -0.3 is 15.4 Å². The van der Waals surface area contributed by atoms with Crippen molar-refractivity contribution in [3.8, 4) is 0 Å². The van der Waals surface area contributed by atoms with Crippen LogP contribution in [0.2, 0.25) is 0 Å². The summed E-state index contributed by atoms with van der Waals surface area (Å²) in [7, 11) is 1.69. The fourth-order valence-corrected chi connectivity index (χ4v) is 4.70. The third-order valence-corrected chi connectivity index (χ3v) is 6.35. The fourth-order valence-electron chi connectivity index (χ4n) is 4.70. The Morgan fingerprint density at radius 1 is 1.19 bits per heavy atom. The van der Waals surface area contributed by atoms with Crippen LogP contribution in [0.4, 0.5) is 10.1 Å². The van der Waals surface area contributed by atoms with Crippen molar-refractivity contribution in [3.63, 3.8) is 0 Å². The zero-order valence-electron chi connectivity index (χ0n) is 17.3. The van der Waals surface area contributed by atoms with Crippen molar-refractivity contribution in [1.82, 2.24) is 10.2 Å². The molecule has 0 aromatic heterocycles. The first-order valence-electron chi connectivity index (χ1n) is 10.6. The van der Waals surface area contributed by atoms with E-state index in [1.54, 1.807) is 13.1 Å². The summed E-state index contributed by atoms with van der Waals surface area (Å²) >= 11 is 0. The number of ether oxygens (including phenoxy) is 1. The number of rotatable bonds is 3. The lowest BCUT2D eigenvalue weighted by molar-refractivity contribution is -0.126. The molecular formula is C24H24FN3O3. The van der Waals surface area contributed by atoms with Gasteiger partial charge >= 0.3 is 0 Å². The van der Waals surface area contributed by atoms with Crippen molar-refractivity contribution in [2.75, 3.05) is 25.5 Å². The molecule has 0 bridgehead atoms. The number of benzene rings is 2. The summed E-state index contributed by atoms with van der Waals surface area (Å²) < 4.78 is 19.7. The topological polar surface area (TPSA) is 70.7 Å². The largest absolute Gasteiger partial charge is 0.487 e. The predicted octanol–water partition coefficient (Wildman–Crippen LogP) is 3.13. The van der Waals surface area contributed by atoms with Crippen LogP contribution in [0.15, 0.2) is 36.4 Å². The summed E-state index contributed by atoms with van der Waals surface area (Å²) in [5.41, 5.74) is 4.60. The van der Waals surface area contributed by atoms with Crippen molar-refractivity contribution in [2.45, 2.75) is 26.0 Å². The van der Waals surface area contributed by atoms with Gasteiger partial charge in [-0.3, -0.25) is 14.5 Å². The fraction of sp³-hybridized carbons (Fsp3) is 0.333.